The van der Waals surface area contributed by atoms with Crippen LogP contribution in [0.25, 0.3) is 0 Å². The molecule has 0 saturated carbocycles. The number of hydrogen-bond acceptors (Lipinski definition) is 2. The zero-order chi connectivity index (χ0) is 7.72. The molecule has 0 aliphatic rings. The maximum Gasteiger partial charge on any atom is 0.127 e. The number of anilines is 1. The fourth-order valence-corrected chi connectivity index (χ4v) is 1.31. The van der Waals surface area contributed by atoms with Crippen molar-refractivity contribution in [1.29, 1.82) is 0 Å². The number of pyridine rings is 1. The summed E-state index contributed by atoms with van der Waals surface area (Å²) in [4.78, 5) is 4.02. The van der Waals surface area contributed by atoms with Gasteiger partial charge in [0.1, 0.15) is 10.4 Å². The van der Waals surface area contributed by atoms with Crippen LogP contribution >= 0.6 is 31.9 Å². The van der Waals surface area contributed by atoms with Gasteiger partial charge in [0.2, 0.25) is 0 Å². The van der Waals surface area contributed by atoms with Gasteiger partial charge in [-0.2, -0.15) is 0 Å². The first-order valence-corrected chi connectivity index (χ1v) is 4.28. The van der Waals surface area contributed by atoms with Crippen molar-refractivity contribution in [3.05, 3.63) is 20.7 Å². The van der Waals surface area contributed by atoms with E-state index in [2.05, 4.69) is 36.8 Å². The van der Waals surface area contributed by atoms with Crippen molar-refractivity contribution in [2.24, 2.45) is 0 Å². The minimum absolute atomic E-state index is 0.565. The van der Waals surface area contributed by atoms with Crippen molar-refractivity contribution in [2.45, 2.75) is 6.92 Å². The van der Waals surface area contributed by atoms with Crippen LogP contribution in [0.4, 0.5) is 5.82 Å². The summed E-state index contributed by atoms with van der Waals surface area (Å²) in [6.45, 7) is 1.92. The Morgan fingerprint density at radius 3 is 2.60 bits per heavy atom. The lowest BCUT2D eigenvalue weighted by Crippen LogP contribution is -1.94. The molecule has 54 valence electrons. The number of aryl methyl sites for hydroxylation is 1. The second-order valence-corrected chi connectivity index (χ2v) is 3.57. The summed E-state index contributed by atoms with van der Waals surface area (Å²) in [7, 11) is 0. The van der Waals surface area contributed by atoms with Crippen LogP contribution in [0, 0.1) is 6.92 Å². The Labute approximate surface area is 76.1 Å². The second kappa shape index (κ2) is 2.88. The summed E-state index contributed by atoms with van der Waals surface area (Å²) in [5.74, 6) is 0.565. The van der Waals surface area contributed by atoms with Gasteiger partial charge in [-0.05, 0) is 50.4 Å². The van der Waals surface area contributed by atoms with E-state index in [9.17, 15) is 0 Å². The SMILES string of the molecule is Cc1cc(Br)c(Br)nc1N. The van der Waals surface area contributed by atoms with E-state index in [1.54, 1.807) is 0 Å². The van der Waals surface area contributed by atoms with Gasteiger partial charge in [0.15, 0.2) is 0 Å². The van der Waals surface area contributed by atoms with Crippen LogP contribution < -0.4 is 5.73 Å². The van der Waals surface area contributed by atoms with Crippen LogP contribution in [0.3, 0.4) is 0 Å². The van der Waals surface area contributed by atoms with Crippen molar-refractivity contribution >= 4 is 37.7 Å². The van der Waals surface area contributed by atoms with E-state index in [1.807, 2.05) is 13.0 Å². The van der Waals surface area contributed by atoms with Crippen molar-refractivity contribution in [3.63, 3.8) is 0 Å². The highest BCUT2D eigenvalue weighted by Gasteiger charge is 2.00. The number of rotatable bonds is 0. The largest absolute Gasteiger partial charge is 0.383 e. The molecule has 0 amide bonds. The lowest BCUT2D eigenvalue weighted by Gasteiger charge is -2.00. The Morgan fingerprint density at radius 2 is 2.10 bits per heavy atom. The molecule has 1 aromatic heterocycles. The Balaban J connectivity index is 3.28. The van der Waals surface area contributed by atoms with Crippen molar-refractivity contribution in [3.8, 4) is 0 Å². The van der Waals surface area contributed by atoms with Crippen molar-refractivity contribution in [2.75, 3.05) is 5.73 Å². The van der Waals surface area contributed by atoms with Crippen LogP contribution in [0.5, 0.6) is 0 Å². The number of hydrogen-bond donors (Lipinski definition) is 1. The quantitative estimate of drug-likeness (QED) is 0.732. The van der Waals surface area contributed by atoms with E-state index < -0.39 is 0 Å². The van der Waals surface area contributed by atoms with Gasteiger partial charge in [0.05, 0.1) is 4.47 Å². The molecule has 0 radical (unpaired) electrons. The lowest BCUT2D eigenvalue weighted by molar-refractivity contribution is 1.22. The first-order valence-electron chi connectivity index (χ1n) is 2.69. The summed E-state index contributed by atoms with van der Waals surface area (Å²) >= 11 is 6.56. The maximum absolute atomic E-state index is 5.53. The highest BCUT2D eigenvalue weighted by molar-refractivity contribution is 9.13. The Hall–Kier alpha value is -0.0900. The van der Waals surface area contributed by atoms with Gasteiger partial charge in [-0.1, -0.05) is 0 Å². The van der Waals surface area contributed by atoms with E-state index in [4.69, 9.17) is 5.73 Å². The molecule has 1 rings (SSSR count). The normalized spacial score (nSPS) is 9.90. The van der Waals surface area contributed by atoms with Crippen LogP contribution in [-0.2, 0) is 0 Å². The van der Waals surface area contributed by atoms with Crippen LogP contribution in [0.2, 0.25) is 0 Å². The molecular weight excluding hydrogens is 260 g/mol. The zero-order valence-electron chi connectivity index (χ0n) is 5.36. The zero-order valence-corrected chi connectivity index (χ0v) is 8.53. The second-order valence-electron chi connectivity index (χ2n) is 1.96. The molecule has 0 bridgehead atoms. The van der Waals surface area contributed by atoms with Gasteiger partial charge in [-0.25, -0.2) is 4.98 Å². The number of halogens is 2. The Bertz CT molecular complexity index is 210. The van der Waals surface area contributed by atoms with Crippen molar-refractivity contribution in [1.82, 2.24) is 4.98 Å². The van der Waals surface area contributed by atoms with Crippen molar-refractivity contribution < 1.29 is 0 Å². The van der Waals surface area contributed by atoms with Crippen LogP contribution in [-0.4, -0.2) is 4.98 Å². The summed E-state index contributed by atoms with van der Waals surface area (Å²) in [5.41, 5.74) is 6.51. The van der Waals surface area contributed by atoms with Gasteiger partial charge in [-0.3, -0.25) is 0 Å². The first-order chi connectivity index (χ1) is 4.61. The highest BCUT2D eigenvalue weighted by atomic mass is 79.9. The monoisotopic (exact) mass is 264 g/mol. The smallest absolute Gasteiger partial charge is 0.127 e. The molecule has 0 atom stereocenters. The van der Waals surface area contributed by atoms with Crippen LogP contribution in [0.15, 0.2) is 15.1 Å². The standard InChI is InChI=1S/C6H6Br2N2/c1-3-2-4(7)5(8)10-6(3)9/h2H,1H3,(H2,9,10). The summed E-state index contributed by atoms with van der Waals surface area (Å²) in [6.07, 6.45) is 0. The molecule has 0 aliphatic heterocycles. The molecule has 0 fully saturated rings. The molecule has 0 spiro atoms. The molecule has 0 saturated heterocycles. The third-order valence-corrected chi connectivity index (χ3v) is 2.90. The fourth-order valence-electron chi connectivity index (χ4n) is 0.571. The van der Waals surface area contributed by atoms with E-state index >= 15 is 0 Å². The van der Waals surface area contributed by atoms with E-state index in [0.717, 1.165) is 14.6 Å². The molecular formula is C6H6Br2N2. The highest BCUT2D eigenvalue weighted by Crippen LogP contribution is 2.23. The lowest BCUT2D eigenvalue weighted by atomic mass is 10.3. The van der Waals surface area contributed by atoms with Crippen LogP contribution in [0.1, 0.15) is 5.56 Å². The molecule has 1 aromatic rings. The Kier molecular flexibility index (Phi) is 2.31. The molecule has 1 heterocycles. The minimum Gasteiger partial charge on any atom is -0.383 e. The average Bonchev–Trinajstić information content (AvgIpc) is 1.84. The summed E-state index contributed by atoms with van der Waals surface area (Å²) < 4.78 is 1.68. The third-order valence-electron chi connectivity index (χ3n) is 1.16. The predicted molar refractivity (Wildman–Crippen MR) is 48.8 cm³/mol. The third kappa shape index (κ3) is 1.49. The van der Waals surface area contributed by atoms with E-state index in [-0.39, 0.29) is 0 Å². The minimum atomic E-state index is 0.565. The van der Waals surface area contributed by atoms with Gasteiger partial charge < -0.3 is 5.73 Å². The molecule has 0 aromatic carbocycles. The average molecular weight is 266 g/mol. The predicted octanol–water partition coefficient (Wildman–Crippen LogP) is 2.50. The molecule has 0 aliphatic carbocycles. The first kappa shape index (κ1) is 8.01. The van der Waals surface area contributed by atoms with Gasteiger partial charge in [0.25, 0.3) is 0 Å². The number of nitrogens with two attached hydrogens (primary N) is 1. The molecule has 2 N–H and O–H groups in total. The summed E-state index contributed by atoms with van der Waals surface area (Å²) in [6, 6.07) is 1.92. The number of nitrogens with zero attached hydrogens (tertiary/aromatic N) is 1. The molecule has 4 heteroatoms. The molecule has 2 nitrogen and oxygen atoms in total. The number of aromatic nitrogens is 1. The van der Waals surface area contributed by atoms with E-state index in [0.29, 0.717) is 5.82 Å². The van der Waals surface area contributed by atoms with Gasteiger partial charge in [0, 0.05) is 0 Å². The Morgan fingerprint density at radius 1 is 1.50 bits per heavy atom. The fraction of sp³-hybridized carbons (Fsp3) is 0.167. The molecule has 0 unspecified atom stereocenters. The number of nitrogen functional groups attached to an aromatic ring is 1. The topological polar surface area (TPSA) is 38.9 Å². The molecule has 10 heavy (non-hydrogen) atoms. The van der Waals surface area contributed by atoms with E-state index in [1.165, 1.54) is 0 Å². The van der Waals surface area contributed by atoms with Gasteiger partial charge >= 0.3 is 0 Å². The summed E-state index contributed by atoms with van der Waals surface area (Å²) in [5, 5.41) is 0. The maximum atomic E-state index is 5.53. The van der Waals surface area contributed by atoms with Gasteiger partial charge in [-0.15, -0.1) is 0 Å².